The standard InChI is InChI=1S/C14H21BrN2O2S2/c1-2-16-8-11-3-4-13(15)14(7-11)21(18,19)17-9-12-5-6-20-10-12/h3-4,7,12,16-17H,2,5-6,8-10H2,1H3. The highest BCUT2D eigenvalue weighted by atomic mass is 79.9. The molecule has 2 N–H and O–H groups in total. The number of sulfonamides is 1. The van der Waals surface area contributed by atoms with Crippen molar-refractivity contribution in [3.05, 3.63) is 28.2 Å². The van der Waals surface area contributed by atoms with Gasteiger partial charge in [0.2, 0.25) is 10.0 Å². The third-order valence-corrected chi connectivity index (χ3v) is 7.10. The molecule has 118 valence electrons. The number of hydrogen-bond donors (Lipinski definition) is 2. The summed E-state index contributed by atoms with van der Waals surface area (Å²) in [5.41, 5.74) is 0.969. The quantitative estimate of drug-likeness (QED) is 0.748. The number of benzene rings is 1. The molecule has 0 saturated carbocycles. The first-order chi connectivity index (χ1) is 10.0. The third-order valence-electron chi connectivity index (χ3n) is 3.45. The Morgan fingerprint density at radius 3 is 2.90 bits per heavy atom. The Labute approximate surface area is 139 Å². The summed E-state index contributed by atoms with van der Waals surface area (Å²) in [6, 6.07) is 5.46. The minimum atomic E-state index is -3.46. The van der Waals surface area contributed by atoms with Crippen LogP contribution in [0.5, 0.6) is 0 Å². The molecule has 0 aliphatic carbocycles. The van der Waals surface area contributed by atoms with E-state index >= 15 is 0 Å². The van der Waals surface area contributed by atoms with Gasteiger partial charge in [-0.05, 0) is 64.0 Å². The lowest BCUT2D eigenvalue weighted by Crippen LogP contribution is -2.29. The topological polar surface area (TPSA) is 58.2 Å². The van der Waals surface area contributed by atoms with Crippen LogP contribution in [0.4, 0.5) is 0 Å². The Bertz CT molecular complexity index is 572. The summed E-state index contributed by atoms with van der Waals surface area (Å²) in [4.78, 5) is 0.323. The second kappa shape index (κ2) is 7.97. The molecular weight excluding hydrogens is 372 g/mol. The molecule has 1 heterocycles. The van der Waals surface area contributed by atoms with Crippen molar-refractivity contribution >= 4 is 37.7 Å². The lowest BCUT2D eigenvalue weighted by atomic mass is 10.1. The van der Waals surface area contributed by atoms with E-state index in [1.54, 1.807) is 12.1 Å². The van der Waals surface area contributed by atoms with Gasteiger partial charge in [-0.25, -0.2) is 13.1 Å². The second-order valence-electron chi connectivity index (χ2n) is 5.13. The summed E-state index contributed by atoms with van der Waals surface area (Å²) >= 11 is 5.24. The van der Waals surface area contributed by atoms with Crippen molar-refractivity contribution in [1.82, 2.24) is 10.0 Å². The fourth-order valence-corrected chi connectivity index (χ4v) is 5.59. The zero-order chi connectivity index (χ0) is 15.3. The molecule has 1 atom stereocenters. The summed E-state index contributed by atoms with van der Waals surface area (Å²) in [6.45, 7) is 4.08. The summed E-state index contributed by atoms with van der Waals surface area (Å²) in [5.74, 6) is 2.63. The molecule has 1 aromatic carbocycles. The van der Waals surface area contributed by atoms with Gasteiger partial charge < -0.3 is 5.32 Å². The molecule has 1 fully saturated rings. The van der Waals surface area contributed by atoms with Crippen LogP contribution in [0.2, 0.25) is 0 Å². The maximum absolute atomic E-state index is 12.5. The van der Waals surface area contributed by atoms with Gasteiger partial charge in [-0.1, -0.05) is 13.0 Å². The van der Waals surface area contributed by atoms with Gasteiger partial charge in [0.1, 0.15) is 0 Å². The van der Waals surface area contributed by atoms with Crippen molar-refractivity contribution in [2.45, 2.75) is 24.8 Å². The molecule has 2 rings (SSSR count). The van der Waals surface area contributed by atoms with Gasteiger partial charge in [0, 0.05) is 17.6 Å². The highest BCUT2D eigenvalue weighted by Crippen LogP contribution is 2.25. The van der Waals surface area contributed by atoms with E-state index in [1.165, 1.54) is 0 Å². The van der Waals surface area contributed by atoms with E-state index < -0.39 is 10.0 Å². The van der Waals surface area contributed by atoms with E-state index in [-0.39, 0.29) is 0 Å². The number of rotatable bonds is 7. The average molecular weight is 393 g/mol. The molecule has 0 spiro atoms. The minimum Gasteiger partial charge on any atom is -0.313 e. The molecule has 4 nitrogen and oxygen atoms in total. The van der Waals surface area contributed by atoms with Crippen LogP contribution in [-0.2, 0) is 16.6 Å². The first-order valence-electron chi connectivity index (χ1n) is 7.09. The highest BCUT2D eigenvalue weighted by molar-refractivity contribution is 9.10. The second-order valence-corrected chi connectivity index (χ2v) is 8.87. The molecule has 7 heteroatoms. The molecule has 0 bridgehead atoms. The summed E-state index contributed by atoms with van der Waals surface area (Å²) in [6.07, 6.45) is 1.09. The van der Waals surface area contributed by atoms with E-state index in [0.717, 1.165) is 30.0 Å². The maximum atomic E-state index is 12.5. The molecule has 1 unspecified atom stereocenters. The normalized spacial score (nSPS) is 19.0. The predicted octanol–water partition coefficient (Wildman–Crippen LogP) is 2.59. The molecular formula is C14H21BrN2O2S2. The smallest absolute Gasteiger partial charge is 0.241 e. The van der Waals surface area contributed by atoms with Gasteiger partial charge in [0.05, 0.1) is 4.90 Å². The summed E-state index contributed by atoms with van der Waals surface area (Å²) in [7, 11) is -3.46. The van der Waals surface area contributed by atoms with Gasteiger partial charge >= 0.3 is 0 Å². The monoisotopic (exact) mass is 392 g/mol. The van der Waals surface area contributed by atoms with Crippen LogP contribution in [0.3, 0.4) is 0 Å². The third kappa shape index (κ3) is 4.96. The van der Waals surface area contributed by atoms with Gasteiger partial charge in [0.15, 0.2) is 0 Å². The average Bonchev–Trinajstić information content (AvgIpc) is 2.97. The van der Waals surface area contributed by atoms with Crippen molar-refractivity contribution in [2.24, 2.45) is 5.92 Å². The van der Waals surface area contributed by atoms with Crippen LogP contribution in [0.15, 0.2) is 27.6 Å². The van der Waals surface area contributed by atoms with Crippen molar-refractivity contribution in [2.75, 3.05) is 24.6 Å². The predicted molar refractivity (Wildman–Crippen MR) is 92.1 cm³/mol. The molecule has 1 aromatic rings. The largest absolute Gasteiger partial charge is 0.313 e. The van der Waals surface area contributed by atoms with E-state index in [9.17, 15) is 8.42 Å². The molecule has 0 aromatic heterocycles. The highest BCUT2D eigenvalue weighted by Gasteiger charge is 2.22. The Hall–Kier alpha value is -0.0800. The lowest BCUT2D eigenvalue weighted by molar-refractivity contribution is 0.545. The van der Waals surface area contributed by atoms with E-state index in [1.807, 2.05) is 24.8 Å². The van der Waals surface area contributed by atoms with Crippen LogP contribution < -0.4 is 10.0 Å². The SMILES string of the molecule is CCNCc1ccc(Br)c(S(=O)(=O)NCC2CCSC2)c1. The Morgan fingerprint density at radius 2 is 2.24 bits per heavy atom. The molecule has 1 saturated heterocycles. The van der Waals surface area contributed by atoms with E-state index in [0.29, 0.717) is 28.4 Å². The van der Waals surface area contributed by atoms with Crippen LogP contribution >= 0.6 is 27.7 Å². The van der Waals surface area contributed by atoms with Crippen molar-refractivity contribution < 1.29 is 8.42 Å². The van der Waals surface area contributed by atoms with Gasteiger partial charge in [0.25, 0.3) is 0 Å². The molecule has 1 aliphatic rings. The summed E-state index contributed by atoms with van der Waals surface area (Å²) < 4.78 is 28.3. The van der Waals surface area contributed by atoms with Gasteiger partial charge in [-0.2, -0.15) is 11.8 Å². The lowest BCUT2D eigenvalue weighted by Gasteiger charge is -2.13. The van der Waals surface area contributed by atoms with E-state index in [2.05, 4.69) is 26.0 Å². The fourth-order valence-electron chi connectivity index (χ4n) is 2.18. The van der Waals surface area contributed by atoms with Gasteiger partial charge in [-0.15, -0.1) is 0 Å². The molecule has 0 radical (unpaired) electrons. The zero-order valence-electron chi connectivity index (χ0n) is 12.1. The Morgan fingerprint density at radius 1 is 1.43 bits per heavy atom. The first kappa shape index (κ1) is 17.3. The zero-order valence-corrected chi connectivity index (χ0v) is 15.3. The van der Waals surface area contributed by atoms with Crippen molar-refractivity contribution in [1.29, 1.82) is 0 Å². The van der Waals surface area contributed by atoms with Crippen LogP contribution in [0.25, 0.3) is 0 Å². The van der Waals surface area contributed by atoms with Crippen LogP contribution in [0.1, 0.15) is 18.9 Å². The molecule has 1 aliphatic heterocycles. The van der Waals surface area contributed by atoms with Crippen molar-refractivity contribution in [3.63, 3.8) is 0 Å². The van der Waals surface area contributed by atoms with Crippen molar-refractivity contribution in [3.8, 4) is 0 Å². The van der Waals surface area contributed by atoms with E-state index in [4.69, 9.17) is 0 Å². The fraction of sp³-hybridized carbons (Fsp3) is 0.571. The van der Waals surface area contributed by atoms with Crippen LogP contribution in [-0.4, -0.2) is 33.0 Å². The number of thioether (sulfide) groups is 1. The Kier molecular flexibility index (Phi) is 6.55. The number of hydrogen-bond acceptors (Lipinski definition) is 4. The van der Waals surface area contributed by atoms with Gasteiger partial charge in [-0.3, -0.25) is 0 Å². The maximum Gasteiger partial charge on any atom is 0.241 e. The van der Waals surface area contributed by atoms with Crippen LogP contribution in [0, 0.1) is 5.92 Å². The number of nitrogens with one attached hydrogen (secondary N) is 2. The Balaban J connectivity index is 2.09. The first-order valence-corrected chi connectivity index (χ1v) is 10.5. The molecule has 0 amide bonds. The number of halogens is 1. The molecule has 21 heavy (non-hydrogen) atoms. The summed E-state index contributed by atoms with van der Waals surface area (Å²) in [5, 5.41) is 3.21. The minimum absolute atomic E-state index is 0.323.